The van der Waals surface area contributed by atoms with Crippen LogP contribution in [-0.4, -0.2) is 16.8 Å². The Kier molecular flexibility index (Phi) is 3.27. The van der Waals surface area contributed by atoms with Crippen LogP contribution in [0.2, 0.25) is 5.02 Å². The molecule has 3 nitrogen and oxygen atoms in total. The molecule has 0 aliphatic carbocycles. The maximum Gasteiger partial charge on any atom is 0.0605 e. The Labute approximate surface area is 100 Å². The number of hydrogen-bond acceptors (Lipinski definition) is 2. The van der Waals surface area contributed by atoms with Crippen molar-refractivity contribution in [3.63, 3.8) is 0 Å². The third-order valence-electron chi connectivity index (χ3n) is 2.53. The van der Waals surface area contributed by atoms with Crippen LogP contribution in [0.4, 0.5) is 0 Å². The number of rotatable bonds is 3. The van der Waals surface area contributed by atoms with Gasteiger partial charge in [0.15, 0.2) is 0 Å². The summed E-state index contributed by atoms with van der Waals surface area (Å²) < 4.78 is 1.80. The van der Waals surface area contributed by atoms with Crippen molar-refractivity contribution in [2.75, 3.05) is 7.05 Å². The summed E-state index contributed by atoms with van der Waals surface area (Å²) in [5.41, 5.74) is 2.27. The normalized spacial score (nSPS) is 12.7. The van der Waals surface area contributed by atoms with Gasteiger partial charge in [-0.15, -0.1) is 0 Å². The van der Waals surface area contributed by atoms with Crippen LogP contribution in [-0.2, 0) is 7.05 Å². The summed E-state index contributed by atoms with van der Waals surface area (Å²) in [4.78, 5) is 0. The van der Waals surface area contributed by atoms with E-state index in [0.29, 0.717) is 0 Å². The van der Waals surface area contributed by atoms with E-state index in [1.54, 1.807) is 4.68 Å². The third-order valence-corrected chi connectivity index (χ3v) is 2.76. The van der Waals surface area contributed by atoms with Crippen molar-refractivity contribution in [2.45, 2.75) is 6.04 Å². The van der Waals surface area contributed by atoms with Gasteiger partial charge in [-0.3, -0.25) is 4.68 Å². The summed E-state index contributed by atoms with van der Waals surface area (Å²) in [6.45, 7) is 0. The molecule has 1 N–H and O–H groups in total. The summed E-state index contributed by atoms with van der Waals surface area (Å²) >= 11 is 5.99. The minimum absolute atomic E-state index is 0.132. The van der Waals surface area contributed by atoms with Crippen molar-refractivity contribution in [3.05, 3.63) is 52.8 Å². The molecule has 0 radical (unpaired) electrons. The smallest absolute Gasteiger partial charge is 0.0605 e. The van der Waals surface area contributed by atoms with Gasteiger partial charge in [0.05, 0.1) is 12.2 Å². The molecule has 0 spiro atoms. The lowest BCUT2D eigenvalue weighted by Gasteiger charge is -2.14. The topological polar surface area (TPSA) is 29.9 Å². The first-order valence-electron chi connectivity index (χ1n) is 5.12. The molecule has 16 heavy (non-hydrogen) atoms. The standard InChI is InChI=1S/C12H14ClN3/c1-14-12(10-7-15-16(2)8-10)9-4-3-5-11(13)6-9/h3-8,12,14H,1-2H3. The van der Waals surface area contributed by atoms with Gasteiger partial charge in [-0.2, -0.15) is 5.10 Å². The maximum absolute atomic E-state index is 5.99. The van der Waals surface area contributed by atoms with Crippen LogP contribution >= 0.6 is 11.6 Å². The highest BCUT2D eigenvalue weighted by Gasteiger charge is 2.13. The van der Waals surface area contributed by atoms with E-state index in [9.17, 15) is 0 Å². The lowest BCUT2D eigenvalue weighted by molar-refractivity contribution is 0.689. The monoisotopic (exact) mass is 235 g/mol. The average molecular weight is 236 g/mol. The van der Waals surface area contributed by atoms with Crippen LogP contribution in [0, 0.1) is 0 Å². The van der Waals surface area contributed by atoms with E-state index >= 15 is 0 Å². The lowest BCUT2D eigenvalue weighted by atomic mass is 10.0. The largest absolute Gasteiger partial charge is 0.309 e. The molecule has 0 aliphatic rings. The Hall–Kier alpha value is -1.32. The van der Waals surface area contributed by atoms with Gasteiger partial charge < -0.3 is 5.32 Å². The van der Waals surface area contributed by atoms with E-state index in [1.165, 1.54) is 0 Å². The van der Waals surface area contributed by atoms with Crippen molar-refractivity contribution < 1.29 is 0 Å². The number of hydrogen-bond donors (Lipinski definition) is 1. The van der Waals surface area contributed by atoms with Gasteiger partial charge in [0.2, 0.25) is 0 Å². The molecule has 84 valence electrons. The van der Waals surface area contributed by atoms with Crippen molar-refractivity contribution in [3.8, 4) is 0 Å². The van der Waals surface area contributed by atoms with E-state index in [0.717, 1.165) is 16.1 Å². The average Bonchev–Trinajstić information content (AvgIpc) is 2.66. The summed E-state index contributed by atoms with van der Waals surface area (Å²) in [5, 5.41) is 8.19. The Morgan fingerprint density at radius 1 is 1.38 bits per heavy atom. The van der Waals surface area contributed by atoms with Crippen LogP contribution in [0.1, 0.15) is 17.2 Å². The second-order valence-corrected chi connectivity index (χ2v) is 4.16. The second kappa shape index (κ2) is 4.68. The van der Waals surface area contributed by atoms with Gasteiger partial charge in [0.25, 0.3) is 0 Å². The summed E-state index contributed by atoms with van der Waals surface area (Å²) in [5.74, 6) is 0. The maximum atomic E-state index is 5.99. The van der Waals surface area contributed by atoms with Crippen LogP contribution in [0.15, 0.2) is 36.7 Å². The first-order chi connectivity index (χ1) is 7.70. The quantitative estimate of drug-likeness (QED) is 0.886. The highest BCUT2D eigenvalue weighted by atomic mass is 35.5. The molecule has 2 aromatic rings. The summed E-state index contributed by atoms with van der Waals surface area (Å²) in [7, 11) is 3.84. The number of nitrogens with zero attached hydrogens (tertiary/aromatic N) is 2. The molecular weight excluding hydrogens is 222 g/mol. The second-order valence-electron chi connectivity index (χ2n) is 3.72. The van der Waals surface area contributed by atoms with E-state index in [4.69, 9.17) is 11.6 Å². The highest BCUT2D eigenvalue weighted by molar-refractivity contribution is 6.30. The van der Waals surface area contributed by atoms with E-state index < -0.39 is 0 Å². The summed E-state index contributed by atoms with van der Waals surface area (Å²) in [6.07, 6.45) is 3.87. The van der Waals surface area contributed by atoms with Gasteiger partial charge in [-0.05, 0) is 24.7 Å². The Bertz CT molecular complexity index is 479. The van der Waals surface area contributed by atoms with Crippen LogP contribution in [0.25, 0.3) is 0 Å². The predicted molar refractivity (Wildman–Crippen MR) is 65.6 cm³/mol. The summed E-state index contributed by atoms with van der Waals surface area (Å²) in [6, 6.07) is 7.99. The van der Waals surface area contributed by atoms with Gasteiger partial charge >= 0.3 is 0 Å². The van der Waals surface area contributed by atoms with Crippen LogP contribution in [0.5, 0.6) is 0 Å². The Balaban J connectivity index is 2.36. The number of halogens is 1. The fourth-order valence-electron chi connectivity index (χ4n) is 1.80. The van der Waals surface area contributed by atoms with Crippen LogP contribution in [0.3, 0.4) is 0 Å². The fourth-order valence-corrected chi connectivity index (χ4v) is 2.00. The molecule has 0 saturated carbocycles. The zero-order valence-electron chi connectivity index (χ0n) is 9.31. The lowest BCUT2D eigenvalue weighted by Crippen LogP contribution is -2.17. The molecule has 0 aliphatic heterocycles. The number of aromatic nitrogens is 2. The van der Waals surface area contributed by atoms with Gasteiger partial charge in [0, 0.05) is 23.8 Å². The molecule has 0 bridgehead atoms. The van der Waals surface area contributed by atoms with E-state index in [1.807, 2.05) is 44.7 Å². The molecule has 2 rings (SSSR count). The van der Waals surface area contributed by atoms with E-state index in [2.05, 4.69) is 16.5 Å². The molecular formula is C12H14ClN3. The first kappa shape index (κ1) is 11.2. The zero-order valence-corrected chi connectivity index (χ0v) is 10.1. The Morgan fingerprint density at radius 2 is 2.19 bits per heavy atom. The molecule has 1 heterocycles. The van der Waals surface area contributed by atoms with Crippen molar-refractivity contribution in [1.29, 1.82) is 0 Å². The predicted octanol–water partition coefficient (Wildman–Crippen LogP) is 2.38. The number of nitrogens with one attached hydrogen (secondary N) is 1. The van der Waals surface area contributed by atoms with Gasteiger partial charge in [-0.1, -0.05) is 23.7 Å². The minimum Gasteiger partial charge on any atom is -0.309 e. The first-order valence-corrected chi connectivity index (χ1v) is 5.50. The van der Waals surface area contributed by atoms with Crippen molar-refractivity contribution >= 4 is 11.6 Å². The fraction of sp³-hybridized carbons (Fsp3) is 0.250. The molecule has 1 aromatic heterocycles. The van der Waals surface area contributed by atoms with E-state index in [-0.39, 0.29) is 6.04 Å². The zero-order chi connectivity index (χ0) is 11.5. The minimum atomic E-state index is 0.132. The molecule has 4 heteroatoms. The molecule has 0 amide bonds. The number of benzene rings is 1. The van der Waals surface area contributed by atoms with Crippen molar-refractivity contribution in [1.82, 2.24) is 15.1 Å². The Morgan fingerprint density at radius 3 is 2.75 bits per heavy atom. The van der Waals surface area contributed by atoms with Gasteiger partial charge in [-0.25, -0.2) is 0 Å². The van der Waals surface area contributed by atoms with Gasteiger partial charge in [0.1, 0.15) is 0 Å². The highest BCUT2D eigenvalue weighted by Crippen LogP contribution is 2.23. The molecule has 1 aromatic carbocycles. The van der Waals surface area contributed by atoms with Crippen molar-refractivity contribution in [2.24, 2.45) is 7.05 Å². The molecule has 0 fully saturated rings. The molecule has 0 saturated heterocycles. The molecule has 1 atom stereocenters. The third kappa shape index (κ3) is 2.26. The number of aryl methyl sites for hydroxylation is 1. The molecule has 1 unspecified atom stereocenters. The van der Waals surface area contributed by atoms with Crippen LogP contribution < -0.4 is 5.32 Å². The SMILES string of the molecule is CNC(c1cccc(Cl)c1)c1cnn(C)c1.